The predicted molar refractivity (Wildman–Crippen MR) is 89.1 cm³/mol. The van der Waals surface area contributed by atoms with Gasteiger partial charge >= 0.3 is 0 Å². The minimum Gasteiger partial charge on any atom is -0.366 e. The van der Waals surface area contributed by atoms with Crippen LogP contribution in [0.3, 0.4) is 0 Å². The number of thiol groups is 1. The number of benzene rings is 2. The van der Waals surface area contributed by atoms with E-state index in [0.717, 1.165) is 11.1 Å². The quantitative estimate of drug-likeness (QED) is 0.711. The smallest absolute Gasteiger partial charge is 0.240 e. The van der Waals surface area contributed by atoms with E-state index in [1.807, 2.05) is 36.4 Å². The number of nitrogens with two attached hydrogens (primary N) is 1. The molecular weight excluding hydrogens is 312 g/mol. The highest BCUT2D eigenvalue weighted by atomic mass is 32.2. The van der Waals surface area contributed by atoms with Crippen molar-refractivity contribution in [2.75, 3.05) is 5.73 Å². The summed E-state index contributed by atoms with van der Waals surface area (Å²) in [6, 6.07) is 16.7. The SMILES string of the molecule is Nc1nnc(-c2cccc(C[SH](=O)=O)c2)c(-c2ccccc2)n1. The van der Waals surface area contributed by atoms with E-state index in [1.165, 1.54) is 0 Å². The molecular formula is C16H14N4O2S. The Morgan fingerprint density at radius 1 is 0.870 bits per heavy atom. The van der Waals surface area contributed by atoms with Gasteiger partial charge in [0.25, 0.3) is 0 Å². The Bertz CT molecular complexity index is 903. The second kappa shape index (κ2) is 6.53. The number of anilines is 1. The molecule has 0 amide bonds. The lowest BCUT2D eigenvalue weighted by atomic mass is 10.0. The molecule has 0 radical (unpaired) electrons. The van der Waals surface area contributed by atoms with E-state index in [9.17, 15) is 8.42 Å². The molecule has 0 saturated heterocycles. The Morgan fingerprint density at radius 3 is 2.35 bits per heavy atom. The monoisotopic (exact) mass is 326 g/mol. The second-order valence-electron chi connectivity index (χ2n) is 4.92. The summed E-state index contributed by atoms with van der Waals surface area (Å²) in [5, 5.41) is 7.99. The third-order valence-corrected chi connectivity index (χ3v) is 3.89. The van der Waals surface area contributed by atoms with E-state index in [0.29, 0.717) is 17.0 Å². The lowest BCUT2D eigenvalue weighted by molar-refractivity contribution is 0.614. The summed E-state index contributed by atoms with van der Waals surface area (Å²) in [5.41, 5.74) is 9.15. The van der Waals surface area contributed by atoms with Crippen LogP contribution in [0.2, 0.25) is 0 Å². The van der Waals surface area contributed by atoms with E-state index < -0.39 is 10.7 Å². The number of aromatic nitrogens is 3. The van der Waals surface area contributed by atoms with Crippen LogP contribution in [-0.4, -0.2) is 23.6 Å². The summed E-state index contributed by atoms with van der Waals surface area (Å²) in [6.45, 7) is 0. The highest BCUT2D eigenvalue weighted by Gasteiger charge is 2.13. The molecule has 0 fully saturated rings. The van der Waals surface area contributed by atoms with Crippen LogP contribution in [0, 0.1) is 0 Å². The van der Waals surface area contributed by atoms with Crippen LogP contribution < -0.4 is 5.73 Å². The van der Waals surface area contributed by atoms with Crippen LogP contribution in [0.4, 0.5) is 5.95 Å². The van der Waals surface area contributed by atoms with Gasteiger partial charge in [0.05, 0.1) is 5.75 Å². The predicted octanol–water partition coefficient (Wildman–Crippen LogP) is 1.90. The highest BCUT2D eigenvalue weighted by Crippen LogP contribution is 2.29. The minimum absolute atomic E-state index is 0.0142. The lowest BCUT2D eigenvalue weighted by Gasteiger charge is -2.09. The van der Waals surface area contributed by atoms with Crippen LogP contribution in [0.15, 0.2) is 54.6 Å². The average Bonchev–Trinajstić information content (AvgIpc) is 2.55. The zero-order valence-corrected chi connectivity index (χ0v) is 13.0. The number of nitrogen functional groups attached to an aromatic ring is 1. The van der Waals surface area contributed by atoms with Gasteiger partial charge in [-0.15, -0.1) is 10.2 Å². The first-order valence-corrected chi connectivity index (χ1v) is 8.26. The molecule has 2 N–H and O–H groups in total. The van der Waals surface area contributed by atoms with Gasteiger partial charge in [-0.2, -0.15) is 0 Å². The molecule has 6 nitrogen and oxygen atoms in total. The number of hydrogen-bond donors (Lipinski definition) is 2. The third-order valence-electron chi connectivity index (χ3n) is 3.26. The molecule has 0 bridgehead atoms. The van der Waals surface area contributed by atoms with Crippen LogP contribution in [-0.2, 0) is 16.5 Å². The van der Waals surface area contributed by atoms with Gasteiger partial charge in [0.15, 0.2) is 0 Å². The van der Waals surface area contributed by atoms with Gasteiger partial charge in [0.1, 0.15) is 22.1 Å². The first-order valence-electron chi connectivity index (χ1n) is 6.90. The summed E-state index contributed by atoms with van der Waals surface area (Å²) in [6.07, 6.45) is 0. The maximum absolute atomic E-state index is 10.9. The van der Waals surface area contributed by atoms with Crippen molar-refractivity contribution in [1.82, 2.24) is 15.2 Å². The molecule has 1 heterocycles. The molecule has 7 heteroatoms. The Kier molecular flexibility index (Phi) is 4.29. The van der Waals surface area contributed by atoms with Crippen molar-refractivity contribution in [2.45, 2.75) is 5.75 Å². The van der Waals surface area contributed by atoms with Gasteiger partial charge < -0.3 is 5.73 Å². The zero-order valence-electron chi connectivity index (χ0n) is 12.1. The fraction of sp³-hybridized carbons (Fsp3) is 0.0625. The van der Waals surface area contributed by atoms with Crippen molar-refractivity contribution in [3.8, 4) is 22.5 Å². The third kappa shape index (κ3) is 3.51. The van der Waals surface area contributed by atoms with Crippen molar-refractivity contribution in [3.63, 3.8) is 0 Å². The molecule has 0 unspecified atom stereocenters. The number of hydrogen-bond acceptors (Lipinski definition) is 6. The van der Waals surface area contributed by atoms with E-state index >= 15 is 0 Å². The van der Waals surface area contributed by atoms with Crippen LogP contribution in [0.25, 0.3) is 22.5 Å². The summed E-state index contributed by atoms with van der Waals surface area (Å²) in [5.74, 6) is 0.0750. The Morgan fingerprint density at radius 2 is 1.61 bits per heavy atom. The summed E-state index contributed by atoms with van der Waals surface area (Å²) in [4.78, 5) is 4.30. The molecule has 3 aromatic rings. The molecule has 0 aliphatic carbocycles. The van der Waals surface area contributed by atoms with E-state index in [2.05, 4.69) is 15.2 Å². The van der Waals surface area contributed by atoms with Crippen molar-refractivity contribution in [3.05, 3.63) is 60.2 Å². The molecule has 0 aliphatic rings. The van der Waals surface area contributed by atoms with E-state index in [-0.39, 0.29) is 11.7 Å². The maximum Gasteiger partial charge on any atom is 0.240 e. The van der Waals surface area contributed by atoms with Crippen molar-refractivity contribution in [2.24, 2.45) is 0 Å². The van der Waals surface area contributed by atoms with Crippen LogP contribution in [0.5, 0.6) is 0 Å². The molecule has 23 heavy (non-hydrogen) atoms. The molecule has 3 rings (SSSR count). The molecule has 0 aliphatic heterocycles. The molecule has 1 aromatic heterocycles. The maximum atomic E-state index is 10.9. The van der Waals surface area contributed by atoms with E-state index in [4.69, 9.17) is 5.73 Å². The van der Waals surface area contributed by atoms with Gasteiger partial charge in [0.2, 0.25) is 5.95 Å². The topological polar surface area (TPSA) is 98.8 Å². The number of nitrogens with zero attached hydrogens (tertiary/aromatic N) is 3. The van der Waals surface area contributed by atoms with Gasteiger partial charge in [-0.1, -0.05) is 48.5 Å². The van der Waals surface area contributed by atoms with Gasteiger partial charge in [-0.05, 0) is 11.6 Å². The second-order valence-corrected chi connectivity index (χ2v) is 5.91. The molecule has 0 spiro atoms. The largest absolute Gasteiger partial charge is 0.366 e. The Labute approximate surface area is 135 Å². The van der Waals surface area contributed by atoms with Gasteiger partial charge in [-0.25, -0.2) is 13.4 Å². The normalized spacial score (nSPS) is 10.8. The zero-order chi connectivity index (χ0) is 16.2. The summed E-state index contributed by atoms with van der Waals surface area (Å²) < 4.78 is 21.9. The first-order chi connectivity index (χ1) is 11.1. The minimum atomic E-state index is -2.49. The number of rotatable bonds is 4. The van der Waals surface area contributed by atoms with Crippen molar-refractivity contribution in [1.29, 1.82) is 0 Å². The fourth-order valence-corrected chi connectivity index (χ4v) is 2.79. The molecule has 2 aromatic carbocycles. The average molecular weight is 326 g/mol. The summed E-state index contributed by atoms with van der Waals surface area (Å²) in [7, 11) is -2.49. The Hall–Kier alpha value is -2.80. The van der Waals surface area contributed by atoms with Crippen LogP contribution in [0.1, 0.15) is 5.56 Å². The lowest BCUT2D eigenvalue weighted by Crippen LogP contribution is -2.02. The highest BCUT2D eigenvalue weighted by molar-refractivity contribution is 7.71. The standard InChI is InChI=1S/C16H14N4O2S/c17-16-18-14(12-6-2-1-3-7-12)15(19-20-16)13-8-4-5-11(9-13)10-23(21)22/h1-9,23H,10H2,(H2,17,18,20). The first kappa shape index (κ1) is 15.1. The fourth-order valence-electron chi connectivity index (χ4n) is 2.30. The van der Waals surface area contributed by atoms with E-state index in [1.54, 1.807) is 18.2 Å². The molecule has 0 saturated carbocycles. The molecule has 116 valence electrons. The van der Waals surface area contributed by atoms with Gasteiger partial charge in [-0.3, -0.25) is 0 Å². The van der Waals surface area contributed by atoms with Crippen molar-refractivity contribution < 1.29 is 8.42 Å². The van der Waals surface area contributed by atoms with Crippen molar-refractivity contribution >= 4 is 16.7 Å². The molecule has 0 atom stereocenters. The van der Waals surface area contributed by atoms with Crippen LogP contribution >= 0.6 is 0 Å². The van der Waals surface area contributed by atoms with Gasteiger partial charge in [0, 0.05) is 11.1 Å². The summed E-state index contributed by atoms with van der Waals surface area (Å²) >= 11 is 0. The Balaban J connectivity index is 2.14.